The molecular formula is C26H29N5O4. The van der Waals surface area contributed by atoms with Crippen LogP contribution in [0.5, 0.6) is 11.5 Å². The molecule has 35 heavy (non-hydrogen) atoms. The second-order valence-corrected chi connectivity index (χ2v) is 8.64. The van der Waals surface area contributed by atoms with Gasteiger partial charge in [-0.05, 0) is 37.0 Å². The molecule has 1 aliphatic carbocycles. The molecule has 4 aromatic rings. The summed E-state index contributed by atoms with van der Waals surface area (Å²) in [5.41, 5.74) is 5.14. The molecule has 1 saturated carbocycles. The Balaban J connectivity index is 1.52. The molecule has 0 amide bonds. The molecule has 0 spiro atoms. The Hall–Kier alpha value is -3.69. The van der Waals surface area contributed by atoms with Crippen LogP contribution in [0.15, 0.2) is 55.0 Å². The van der Waals surface area contributed by atoms with Crippen LogP contribution in [0.1, 0.15) is 12.8 Å². The fraction of sp³-hybridized carbons (Fsp3) is 0.346. The Labute approximate surface area is 203 Å². The molecule has 5 rings (SSSR count). The third kappa shape index (κ3) is 5.36. The van der Waals surface area contributed by atoms with Crippen molar-refractivity contribution < 1.29 is 19.7 Å². The maximum absolute atomic E-state index is 9.18. The van der Waals surface area contributed by atoms with Gasteiger partial charge in [0.25, 0.3) is 0 Å². The van der Waals surface area contributed by atoms with Gasteiger partial charge in [0.2, 0.25) is 0 Å². The van der Waals surface area contributed by atoms with E-state index in [4.69, 9.17) is 19.6 Å². The summed E-state index contributed by atoms with van der Waals surface area (Å²) in [6.07, 6.45) is 7.77. The summed E-state index contributed by atoms with van der Waals surface area (Å²) in [5, 5.41) is 22.6. The average molecular weight is 476 g/mol. The van der Waals surface area contributed by atoms with E-state index in [1.807, 2.05) is 30.5 Å². The molecule has 2 heterocycles. The second-order valence-electron chi connectivity index (χ2n) is 8.64. The van der Waals surface area contributed by atoms with Gasteiger partial charge in [0.15, 0.2) is 0 Å². The maximum atomic E-state index is 9.18. The van der Waals surface area contributed by atoms with Crippen LogP contribution >= 0.6 is 0 Å². The van der Waals surface area contributed by atoms with Crippen molar-refractivity contribution in [2.24, 2.45) is 5.92 Å². The molecule has 2 aromatic heterocycles. The monoisotopic (exact) mass is 475 g/mol. The van der Waals surface area contributed by atoms with E-state index in [0.717, 1.165) is 40.2 Å². The first-order valence-corrected chi connectivity index (χ1v) is 11.8. The maximum Gasteiger partial charge on any atom is 0.125 e. The number of aromatic nitrogens is 4. The van der Waals surface area contributed by atoms with Crippen LogP contribution in [-0.4, -0.2) is 63.4 Å². The lowest BCUT2D eigenvalue weighted by Crippen LogP contribution is -2.20. The molecule has 0 saturated heterocycles. The number of aliphatic hydroxyl groups is 2. The summed E-state index contributed by atoms with van der Waals surface area (Å²) >= 11 is 0. The van der Waals surface area contributed by atoms with Gasteiger partial charge in [0, 0.05) is 47.9 Å². The second kappa shape index (κ2) is 10.3. The highest BCUT2D eigenvalue weighted by molar-refractivity contribution is 5.82. The molecular weight excluding hydrogens is 446 g/mol. The topological polar surface area (TPSA) is 106 Å². The summed E-state index contributed by atoms with van der Waals surface area (Å²) in [5.74, 6) is 1.98. The van der Waals surface area contributed by atoms with Crippen molar-refractivity contribution in [1.29, 1.82) is 0 Å². The molecule has 9 heteroatoms. The van der Waals surface area contributed by atoms with E-state index < -0.39 is 0 Å². The third-order valence-electron chi connectivity index (χ3n) is 6.01. The lowest BCUT2D eigenvalue weighted by molar-refractivity contribution is 0.201. The van der Waals surface area contributed by atoms with E-state index >= 15 is 0 Å². The Bertz CT molecular complexity index is 1300. The van der Waals surface area contributed by atoms with Crippen molar-refractivity contribution in [2.45, 2.75) is 19.4 Å². The molecule has 9 nitrogen and oxygen atoms in total. The molecule has 1 fully saturated rings. The van der Waals surface area contributed by atoms with Crippen LogP contribution in [0, 0.1) is 5.92 Å². The normalized spacial score (nSPS) is 13.2. The lowest BCUT2D eigenvalue weighted by atomic mass is 10.1. The minimum Gasteiger partial charge on any atom is -0.497 e. The van der Waals surface area contributed by atoms with Crippen LogP contribution < -0.4 is 14.4 Å². The van der Waals surface area contributed by atoms with Gasteiger partial charge in [-0.3, -0.25) is 9.67 Å². The van der Waals surface area contributed by atoms with Crippen molar-refractivity contribution >= 4 is 22.4 Å². The van der Waals surface area contributed by atoms with Crippen LogP contribution in [0.3, 0.4) is 0 Å². The molecule has 0 unspecified atom stereocenters. The summed E-state index contributed by atoms with van der Waals surface area (Å²) in [6.45, 7) is 1.51. The molecule has 0 aliphatic heterocycles. The molecule has 0 atom stereocenters. The Kier molecular flexibility index (Phi) is 6.78. The van der Waals surface area contributed by atoms with Crippen LogP contribution in [-0.2, 0) is 6.54 Å². The largest absolute Gasteiger partial charge is 0.497 e. The average Bonchev–Trinajstić information content (AvgIpc) is 3.60. The van der Waals surface area contributed by atoms with Crippen molar-refractivity contribution in [3.8, 4) is 22.8 Å². The fourth-order valence-corrected chi connectivity index (χ4v) is 4.02. The highest BCUT2D eigenvalue weighted by Gasteiger charge is 2.26. The number of ether oxygens (including phenoxy) is 2. The van der Waals surface area contributed by atoms with E-state index in [9.17, 15) is 5.11 Å². The Morgan fingerprint density at radius 3 is 2.63 bits per heavy atom. The lowest BCUT2D eigenvalue weighted by Gasteiger charge is -2.26. The highest BCUT2D eigenvalue weighted by Crippen LogP contribution is 2.38. The van der Waals surface area contributed by atoms with Crippen LogP contribution in [0.4, 0.5) is 11.4 Å². The number of benzene rings is 2. The number of anilines is 2. The van der Waals surface area contributed by atoms with Crippen LogP contribution in [0.25, 0.3) is 22.3 Å². The molecule has 2 N–H and O–H groups in total. The zero-order chi connectivity index (χ0) is 24.2. The zero-order valence-corrected chi connectivity index (χ0v) is 19.7. The van der Waals surface area contributed by atoms with Crippen molar-refractivity contribution in [3.63, 3.8) is 0 Å². The van der Waals surface area contributed by atoms with Gasteiger partial charge in [-0.25, -0.2) is 4.98 Å². The Morgan fingerprint density at radius 2 is 1.86 bits per heavy atom. The number of hydrogen-bond donors (Lipinski definition) is 2. The van der Waals surface area contributed by atoms with Crippen LogP contribution in [0.2, 0.25) is 0 Å². The van der Waals surface area contributed by atoms with Gasteiger partial charge < -0.3 is 24.6 Å². The summed E-state index contributed by atoms with van der Waals surface area (Å²) in [6, 6.07) is 11.9. The molecule has 1 aliphatic rings. The van der Waals surface area contributed by atoms with Gasteiger partial charge in [0.1, 0.15) is 18.1 Å². The number of aliphatic hydroxyl groups excluding tert-OH is 2. The van der Waals surface area contributed by atoms with Crippen molar-refractivity contribution in [3.05, 3.63) is 55.0 Å². The number of hydrogen-bond acceptors (Lipinski definition) is 8. The quantitative estimate of drug-likeness (QED) is 0.340. The molecule has 182 valence electrons. The van der Waals surface area contributed by atoms with Gasteiger partial charge in [-0.15, -0.1) is 0 Å². The summed E-state index contributed by atoms with van der Waals surface area (Å²) < 4.78 is 12.9. The molecule has 2 aromatic carbocycles. The van der Waals surface area contributed by atoms with Gasteiger partial charge in [-0.1, -0.05) is 0 Å². The molecule has 0 radical (unpaired) electrons. The van der Waals surface area contributed by atoms with E-state index in [2.05, 4.69) is 27.1 Å². The first-order chi connectivity index (χ1) is 17.2. The summed E-state index contributed by atoms with van der Waals surface area (Å²) in [4.78, 5) is 11.7. The number of rotatable bonds is 11. The number of nitrogens with zero attached hydrogens (tertiary/aromatic N) is 5. The third-order valence-corrected chi connectivity index (χ3v) is 6.01. The highest BCUT2D eigenvalue weighted by atomic mass is 16.5. The van der Waals surface area contributed by atoms with Gasteiger partial charge in [-0.2, -0.15) is 5.10 Å². The fourth-order valence-electron chi connectivity index (χ4n) is 4.02. The van der Waals surface area contributed by atoms with Crippen molar-refractivity contribution in [1.82, 2.24) is 19.7 Å². The van der Waals surface area contributed by atoms with Gasteiger partial charge >= 0.3 is 0 Å². The number of methoxy groups -OCH3 is 1. The minimum atomic E-state index is -0.0527. The SMILES string of the molecule is COc1cc(OCCO)cc(N(CC2CC2)c2ccc3ncc(-c4cnn(CCO)c4)nc3c2)c1. The van der Waals surface area contributed by atoms with E-state index in [0.29, 0.717) is 24.0 Å². The van der Waals surface area contributed by atoms with Crippen molar-refractivity contribution in [2.75, 3.05) is 38.4 Å². The standard InChI is InChI=1S/C26H29N5O4/c1-34-22-10-21(11-23(13-22)35-9-8-33)31(16-18-2-3-18)20-4-5-24-25(12-20)29-26(15-27-24)19-14-28-30(17-19)6-7-32/h4-5,10-15,17-18,32-33H,2-3,6-9,16H2,1H3. The predicted molar refractivity (Wildman–Crippen MR) is 133 cm³/mol. The van der Waals surface area contributed by atoms with E-state index in [-0.39, 0.29) is 19.8 Å². The molecule has 0 bridgehead atoms. The van der Waals surface area contributed by atoms with E-state index in [1.165, 1.54) is 12.8 Å². The van der Waals surface area contributed by atoms with E-state index in [1.54, 1.807) is 24.2 Å². The number of fused-ring (bicyclic) bond motifs is 1. The summed E-state index contributed by atoms with van der Waals surface area (Å²) in [7, 11) is 1.63. The smallest absolute Gasteiger partial charge is 0.125 e. The Morgan fingerprint density at radius 1 is 1.00 bits per heavy atom. The first-order valence-electron chi connectivity index (χ1n) is 11.8. The zero-order valence-electron chi connectivity index (χ0n) is 19.7. The minimum absolute atomic E-state index is 0.0295. The predicted octanol–water partition coefficient (Wildman–Crippen LogP) is 3.41. The first kappa shape index (κ1) is 23.1. The van der Waals surface area contributed by atoms with Gasteiger partial charge in [0.05, 0.1) is 56.0 Å².